The lowest BCUT2D eigenvalue weighted by molar-refractivity contribution is 0.102. The lowest BCUT2D eigenvalue weighted by Crippen LogP contribution is -2.14. The molecule has 0 atom stereocenters. The van der Waals surface area contributed by atoms with Gasteiger partial charge < -0.3 is 10.1 Å². The predicted molar refractivity (Wildman–Crippen MR) is 108 cm³/mol. The molecule has 0 unspecified atom stereocenters. The van der Waals surface area contributed by atoms with Crippen LogP contribution >= 0.6 is 23.4 Å². The summed E-state index contributed by atoms with van der Waals surface area (Å²) in [6, 6.07) is 15.7. The fraction of sp³-hybridized carbons (Fsp3) is 0.0952. The summed E-state index contributed by atoms with van der Waals surface area (Å²) in [7, 11) is 1.54. The number of para-hydroxylation sites is 1. The second kappa shape index (κ2) is 9.08. The lowest BCUT2D eigenvalue weighted by atomic mass is 10.1. The largest absolute Gasteiger partial charge is 0.496 e. The van der Waals surface area contributed by atoms with E-state index in [9.17, 15) is 13.6 Å². The van der Waals surface area contributed by atoms with Gasteiger partial charge in [0.05, 0.1) is 7.11 Å². The van der Waals surface area contributed by atoms with Crippen molar-refractivity contribution in [2.75, 3.05) is 12.4 Å². The lowest BCUT2D eigenvalue weighted by Gasteiger charge is -2.12. The second-order valence-electron chi connectivity index (χ2n) is 5.82. The molecular formula is C21H16ClF2NO2S. The van der Waals surface area contributed by atoms with E-state index in [0.29, 0.717) is 16.5 Å². The minimum atomic E-state index is -0.833. The molecule has 28 heavy (non-hydrogen) atoms. The number of thioether (sulfide) groups is 1. The molecule has 7 heteroatoms. The van der Waals surface area contributed by atoms with Crippen LogP contribution in [0.15, 0.2) is 65.6 Å². The number of amides is 1. The maximum Gasteiger partial charge on any atom is 0.255 e. The molecule has 0 aliphatic carbocycles. The number of ether oxygens (including phenoxy) is 1. The van der Waals surface area contributed by atoms with Crippen LogP contribution in [-0.2, 0) is 5.75 Å². The molecule has 0 radical (unpaired) electrons. The van der Waals surface area contributed by atoms with Crippen LogP contribution in [0.4, 0.5) is 14.5 Å². The Balaban J connectivity index is 1.79. The number of carbonyl (C=O) groups excluding carboxylic acids is 1. The zero-order valence-electron chi connectivity index (χ0n) is 14.8. The molecule has 3 aromatic rings. The SMILES string of the molecule is COc1ccc(C(=O)Nc2c(F)cccc2F)cc1CSc1ccc(Cl)cc1. The number of nitrogens with one attached hydrogen (secondary N) is 1. The van der Waals surface area contributed by atoms with Crippen molar-refractivity contribution in [2.24, 2.45) is 0 Å². The summed E-state index contributed by atoms with van der Waals surface area (Å²) < 4.78 is 32.9. The Hall–Kier alpha value is -2.57. The van der Waals surface area contributed by atoms with Crippen LogP contribution in [0.5, 0.6) is 5.75 Å². The number of hydrogen-bond acceptors (Lipinski definition) is 3. The Morgan fingerprint density at radius 2 is 1.75 bits per heavy atom. The third kappa shape index (κ3) is 4.82. The Labute approximate surface area is 170 Å². The Morgan fingerprint density at radius 1 is 1.07 bits per heavy atom. The fourth-order valence-electron chi connectivity index (χ4n) is 2.53. The predicted octanol–water partition coefficient (Wildman–Crippen LogP) is 6.17. The number of carbonyl (C=O) groups is 1. The number of anilines is 1. The van der Waals surface area contributed by atoms with E-state index in [1.165, 1.54) is 6.07 Å². The van der Waals surface area contributed by atoms with Gasteiger partial charge in [0.1, 0.15) is 23.1 Å². The van der Waals surface area contributed by atoms with Gasteiger partial charge in [0.2, 0.25) is 0 Å². The highest BCUT2D eigenvalue weighted by Crippen LogP contribution is 2.30. The van der Waals surface area contributed by atoms with E-state index in [2.05, 4.69) is 5.32 Å². The maximum absolute atomic E-state index is 13.8. The molecule has 0 spiro atoms. The van der Waals surface area contributed by atoms with Gasteiger partial charge in [-0.2, -0.15) is 0 Å². The highest BCUT2D eigenvalue weighted by Gasteiger charge is 2.15. The Kier molecular flexibility index (Phi) is 6.54. The molecule has 0 bridgehead atoms. The highest BCUT2D eigenvalue weighted by molar-refractivity contribution is 7.98. The van der Waals surface area contributed by atoms with Gasteiger partial charge in [0, 0.05) is 26.8 Å². The topological polar surface area (TPSA) is 38.3 Å². The van der Waals surface area contributed by atoms with Gasteiger partial charge in [-0.1, -0.05) is 17.7 Å². The van der Waals surface area contributed by atoms with Crippen LogP contribution in [0.3, 0.4) is 0 Å². The van der Waals surface area contributed by atoms with Crippen LogP contribution in [0.2, 0.25) is 5.02 Å². The zero-order chi connectivity index (χ0) is 20.1. The molecule has 3 rings (SSSR count). The van der Waals surface area contributed by atoms with E-state index < -0.39 is 23.2 Å². The van der Waals surface area contributed by atoms with Gasteiger partial charge in [-0.15, -0.1) is 11.8 Å². The van der Waals surface area contributed by atoms with Crippen molar-refractivity contribution >= 4 is 35.0 Å². The van der Waals surface area contributed by atoms with Crippen molar-refractivity contribution in [1.29, 1.82) is 0 Å². The number of benzene rings is 3. The monoisotopic (exact) mass is 419 g/mol. The highest BCUT2D eigenvalue weighted by atomic mass is 35.5. The van der Waals surface area contributed by atoms with Gasteiger partial charge in [0.25, 0.3) is 5.91 Å². The van der Waals surface area contributed by atoms with E-state index in [4.69, 9.17) is 16.3 Å². The molecule has 1 amide bonds. The first-order valence-electron chi connectivity index (χ1n) is 8.28. The van der Waals surface area contributed by atoms with E-state index in [1.807, 2.05) is 12.1 Å². The summed E-state index contributed by atoms with van der Waals surface area (Å²) in [6.07, 6.45) is 0. The summed E-state index contributed by atoms with van der Waals surface area (Å²) in [5.41, 5.74) is 0.583. The molecule has 0 aromatic heterocycles. The Bertz CT molecular complexity index is 976. The van der Waals surface area contributed by atoms with Crippen molar-refractivity contribution in [2.45, 2.75) is 10.6 Å². The number of methoxy groups -OCH3 is 1. The van der Waals surface area contributed by atoms with Gasteiger partial charge in [-0.05, 0) is 54.6 Å². The van der Waals surface area contributed by atoms with Crippen LogP contribution in [0.1, 0.15) is 15.9 Å². The summed E-state index contributed by atoms with van der Waals surface area (Å²) in [5.74, 6) is -1.11. The average molecular weight is 420 g/mol. The molecule has 3 nitrogen and oxygen atoms in total. The quantitative estimate of drug-likeness (QED) is 0.485. The third-order valence-corrected chi connectivity index (χ3v) is 5.26. The van der Waals surface area contributed by atoms with E-state index in [1.54, 1.807) is 49.2 Å². The maximum atomic E-state index is 13.8. The molecule has 0 fully saturated rings. The Morgan fingerprint density at radius 3 is 2.39 bits per heavy atom. The second-order valence-corrected chi connectivity index (χ2v) is 7.31. The van der Waals surface area contributed by atoms with Gasteiger partial charge in [-0.3, -0.25) is 4.79 Å². The molecule has 0 heterocycles. The average Bonchev–Trinajstić information content (AvgIpc) is 2.70. The van der Waals surface area contributed by atoms with Gasteiger partial charge >= 0.3 is 0 Å². The molecule has 1 N–H and O–H groups in total. The molecule has 3 aromatic carbocycles. The fourth-order valence-corrected chi connectivity index (χ4v) is 3.53. The number of rotatable bonds is 6. The first-order chi connectivity index (χ1) is 13.5. The van der Waals surface area contributed by atoms with Crippen LogP contribution in [0.25, 0.3) is 0 Å². The first-order valence-corrected chi connectivity index (χ1v) is 9.65. The van der Waals surface area contributed by atoms with Crippen LogP contribution < -0.4 is 10.1 Å². The first kappa shape index (κ1) is 20.2. The molecular weight excluding hydrogens is 404 g/mol. The van der Waals surface area contributed by atoms with Gasteiger partial charge in [0.15, 0.2) is 0 Å². The summed E-state index contributed by atoms with van der Waals surface area (Å²) >= 11 is 7.44. The standard InChI is InChI=1S/C21H16ClF2NO2S/c1-27-19-10-5-13(21(26)25-20-17(23)3-2-4-18(20)24)11-14(19)12-28-16-8-6-15(22)7-9-16/h2-11H,12H2,1H3,(H,25,26). The molecule has 0 aliphatic heterocycles. The minimum Gasteiger partial charge on any atom is -0.496 e. The summed E-state index contributed by atoms with van der Waals surface area (Å²) in [6.45, 7) is 0. The normalized spacial score (nSPS) is 10.6. The molecule has 144 valence electrons. The van der Waals surface area contributed by atoms with Crippen molar-refractivity contribution < 1.29 is 18.3 Å². The van der Waals surface area contributed by atoms with Crippen molar-refractivity contribution in [3.8, 4) is 5.75 Å². The van der Waals surface area contributed by atoms with Crippen LogP contribution in [-0.4, -0.2) is 13.0 Å². The third-order valence-electron chi connectivity index (χ3n) is 3.95. The zero-order valence-corrected chi connectivity index (χ0v) is 16.4. The number of hydrogen-bond donors (Lipinski definition) is 1. The van der Waals surface area contributed by atoms with Gasteiger partial charge in [-0.25, -0.2) is 8.78 Å². The van der Waals surface area contributed by atoms with Crippen molar-refractivity contribution in [3.63, 3.8) is 0 Å². The molecule has 0 aliphatic rings. The minimum absolute atomic E-state index is 0.273. The molecule has 0 saturated carbocycles. The van der Waals surface area contributed by atoms with Crippen LogP contribution in [0, 0.1) is 11.6 Å². The van der Waals surface area contributed by atoms with E-state index in [0.717, 1.165) is 22.6 Å². The molecule has 0 saturated heterocycles. The smallest absolute Gasteiger partial charge is 0.255 e. The van der Waals surface area contributed by atoms with Crippen molar-refractivity contribution in [1.82, 2.24) is 0 Å². The number of halogens is 3. The summed E-state index contributed by atoms with van der Waals surface area (Å²) in [4.78, 5) is 13.5. The van der Waals surface area contributed by atoms with E-state index >= 15 is 0 Å². The van der Waals surface area contributed by atoms with E-state index in [-0.39, 0.29) is 5.56 Å². The van der Waals surface area contributed by atoms with Crippen molar-refractivity contribution in [3.05, 3.63) is 88.4 Å². The summed E-state index contributed by atoms with van der Waals surface area (Å²) in [5, 5.41) is 2.94.